The summed E-state index contributed by atoms with van der Waals surface area (Å²) in [7, 11) is 1.54. The van der Waals surface area contributed by atoms with Gasteiger partial charge in [0.2, 0.25) is 12.7 Å². The van der Waals surface area contributed by atoms with E-state index in [0.717, 1.165) is 5.56 Å². The van der Waals surface area contributed by atoms with E-state index >= 15 is 0 Å². The molecule has 26 heavy (non-hydrogen) atoms. The Morgan fingerprint density at radius 2 is 1.92 bits per heavy atom. The van der Waals surface area contributed by atoms with E-state index in [1.54, 1.807) is 31.4 Å². The van der Waals surface area contributed by atoms with E-state index in [4.69, 9.17) is 14.2 Å². The highest BCUT2D eigenvalue weighted by molar-refractivity contribution is 5.94. The molecule has 136 valence electrons. The second kappa shape index (κ2) is 8.24. The van der Waals surface area contributed by atoms with Crippen LogP contribution >= 0.6 is 0 Å². The van der Waals surface area contributed by atoms with Gasteiger partial charge in [0.25, 0.3) is 5.91 Å². The SMILES string of the molecule is COc1cccc(C(=O)NCCC(=O)NCc2ccc3c(c2)OCO3)c1. The predicted octanol–water partition coefficient (Wildman–Crippen LogP) is 1.86. The van der Waals surface area contributed by atoms with Gasteiger partial charge in [0.05, 0.1) is 7.11 Å². The normalized spacial score (nSPS) is 11.7. The second-order valence-electron chi connectivity index (χ2n) is 5.70. The van der Waals surface area contributed by atoms with Gasteiger partial charge in [0.1, 0.15) is 5.75 Å². The van der Waals surface area contributed by atoms with Crippen molar-refractivity contribution in [2.75, 3.05) is 20.4 Å². The second-order valence-corrected chi connectivity index (χ2v) is 5.70. The summed E-state index contributed by atoms with van der Waals surface area (Å²) in [5.74, 6) is 1.61. The summed E-state index contributed by atoms with van der Waals surface area (Å²) in [6.07, 6.45) is 0.195. The summed E-state index contributed by atoms with van der Waals surface area (Å²) in [6, 6.07) is 12.4. The molecule has 0 fully saturated rings. The predicted molar refractivity (Wildman–Crippen MR) is 94.4 cm³/mol. The molecule has 1 aliphatic rings. The molecule has 7 nitrogen and oxygen atoms in total. The number of hydrogen-bond acceptors (Lipinski definition) is 5. The molecule has 0 spiro atoms. The number of nitrogens with one attached hydrogen (secondary N) is 2. The maximum Gasteiger partial charge on any atom is 0.251 e. The average Bonchev–Trinajstić information content (AvgIpc) is 3.14. The molecule has 0 aromatic heterocycles. The van der Waals surface area contributed by atoms with Crippen LogP contribution in [0.1, 0.15) is 22.3 Å². The maximum absolute atomic E-state index is 12.1. The monoisotopic (exact) mass is 356 g/mol. The molecule has 7 heteroatoms. The number of ether oxygens (including phenoxy) is 3. The van der Waals surface area contributed by atoms with Gasteiger partial charge in [-0.15, -0.1) is 0 Å². The largest absolute Gasteiger partial charge is 0.497 e. The van der Waals surface area contributed by atoms with Gasteiger partial charge in [-0.1, -0.05) is 12.1 Å². The summed E-state index contributed by atoms with van der Waals surface area (Å²) in [5, 5.41) is 5.54. The van der Waals surface area contributed by atoms with Crippen LogP contribution in [0.3, 0.4) is 0 Å². The number of hydrogen-bond donors (Lipinski definition) is 2. The summed E-state index contributed by atoms with van der Waals surface area (Å²) in [6.45, 7) is 0.862. The third kappa shape index (κ3) is 4.44. The van der Waals surface area contributed by atoms with Crippen molar-refractivity contribution in [3.63, 3.8) is 0 Å². The molecule has 3 rings (SSSR count). The van der Waals surface area contributed by atoms with Crippen LogP contribution < -0.4 is 24.8 Å². The van der Waals surface area contributed by atoms with E-state index < -0.39 is 0 Å². The molecule has 2 amide bonds. The van der Waals surface area contributed by atoms with Crippen LogP contribution in [0.2, 0.25) is 0 Å². The minimum atomic E-state index is -0.243. The van der Waals surface area contributed by atoms with Crippen molar-refractivity contribution in [1.29, 1.82) is 0 Å². The highest BCUT2D eigenvalue weighted by Gasteiger charge is 2.13. The van der Waals surface area contributed by atoms with E-state index in [1.807, 2.05) is 18.2 Å². The maximum atomic E-state index is 12.1. The fourth-order valence-electron chi connectivity index (χ4n) is 2.50. The lowest BCUT2D eigenvalue weighted by Gasteiger charge is -2.08. The van der Waals surface area contributed by atoms with Crippen LogP contribution in [0.4, 0.5) is 0 Å². The highest BCUT2D eigenvalue weighted by Crippen LogP contribution is 2.32. The lowest BCUT2D eigenvalue weighted by atomic mass is 10.2. The molecule has 0 radical (unpaired) electrons. The van der Waals surface area contributed by atoms with Crippen molar-refractivity contribution < 1.29 is 23.8 Å². The molecule has 2 aromatic carbocycles. The van der Waals surface area contributed by atoms with E-state index in [1.165, 1.54) is 0 Å². The molecular weight excluding hydrogens is 336 g/mol. The Bertz CT molecular complexity index is 806. The Labute approximate surface area is 151 Å². The molecule has 0 aliphatic carbocycles. The molecule has 0 unspecified atom stereocenters. The van der Waals surface area contributed by atoms with Gasteiger partial charge in [0, 0.05) is 25.1 Å². The van der Waals surface area contributed by atoms with E-state index in [2.05, 4.69) is 10.6 Å². The standard InChI is InChI=1S/C19H20N2O5/c1-24-15-4-2-3-14(10-15)19(23)20-8-7-18(22)21-11-13-5-6-16-17(9-13)26-12-25-16/h2-6,9-10H,7-8,11-12H2,1H3,(H,20,23)(H,21,22). The molecule has 1 aliphatic heterocycles. The van der Waals surface area contributed by atoms with Gasteiger partial charge in [-0.2, -0.15) is 0 Å². The van der Waals surface area contributed by atoms with Crippen LogP contribution in [-0.4, -0.2) is 32.3 Å². The zero-order valence-electron chi connectivity index (χ0n) is 14.4. The van der Waals surface area contributed by atoms with Gasteiger partial charge in [0.15, 0.2) is 11.5 Å². The van der Waals surface area contributed by atoms with Gasteiger partial charge in [-0.05, 0) is 35.9 Å². The van der Waals surface area contributed by atoms with Crippen LogP contribution in [0.5, 0.6) is 17.2 Å². The highest BCUT2D eigenvalue weighted by atomic mass is 16.7. The van der Waals surface area contributed by atoms with Crippen LogP contribution in [0.25, 0.3) is 0 Å². The van der Waals surface area contributed by atoms with Crippen molar-refractivity contribution in [3.05, 3.63) is 53.6 Å². The molecule has 2 N–H and O–H groups in total. The molecule has 0 saturated heterocycles. The average molecular weight is 356 g/mol. The topological polar surface area (TPSA) is 85.9 Å². The third-order valence-corrected chi connectivity index (χ3v) is 3.90. The zero-order valence-corrected chi connectivity index (χ0v) is 14.4. The minimum absolute atomic E-state index is 0.145. The Morgan fingerprint density at radius 3 is 2.77 bits per heavy atom. The van der Waals surface area contributed by atoms with Crippen molar-refractivity contribution in [3.8, 4) is 17.2 Å². The van der Waals surface area contributed by atoms with Gasteiger partial charge in [-0.25, -0.2) is 0 Å². The number of benzene rings is 2. The number of rotatable bonds is 7. The van der Waals surface area contributed by atoms with E-state index in [-0.39, 0.29) is 31.6 Å². The van der Waals surface area contributed by atoms with Crippen molar-refractivity contribution >= 4 is 11.8 Å². The molecule has 1 heterocycles. The van der Waals surface area contributed by atoms with E-state index in [9.17, 15) is 9.59 Å². The molecule has 2 aromatic rings. The van der Waals surface area contributed by atoms with Crippen LogP contribution in [-0.2, 0) is 11.3 Å². The molecular formula is C19H20N2O5. The summed E-state index contributed by atoms with van der Waals surface area (Å²) < 4.78 is 15.6. The first-order chi connectivity index (χ1) is 12.7. The van der Waals surface area contributed by atoms with E-state index in [0.29, 0.717) is 29.4 Å². The number of fused-ring (bicyclic) bond motifs is 1. The number of carbonyl (C=O) groups is 2. The van der Waals surface area contributed by atoms with Crippen LogP contribution in [0.15, 0.2) is 42.5 Å². The zero-order chi connectivity index (χ0) is 18.4. The summed E-state index contributed by atoms with van der Waals surface area (Å²) >= 11 is 0. The Morgan fingerprint density at radius 1 is 1.08 bits per heavy atom. The Balaban J connectivity index is 1.40. The fourth-order valence-corrected chi connectivity index (χ4v) is 2.50. The van der Waals surface area contributed by atoms with Gasteiger partial charge >= 0.3 is 0 Å². The lowest BCUT2D eigenvalue weighted by Crippen LogP contribution is -2.30. The number of methoxy groups -OCH3 is 1. The molecule has 0 bridgehead atoms. The smallest absolute Gasteiger partial charge is 0.251 e. The Kier molecular flexibility index (Phi) is 5.58. The summed E-state index contributed by atoms with van der Waals surface area (Å²) in [4.78, 5) is 24.0. The van der Waals surface area contributed by atoms with Gasteiger partial charge in [-0.3, -0.25) is 9.59 Å². The number of amides is 2. The number of carbonyl (C=O) groups excluding carboxylic acids is 2. The molecule has 0 atom stereocenters. The lowest BCUT2D eigenvalue weighted by molar-refractivity contribution is -0.121. The first-order valence-electron chi connectivity index (χ1n) is 8.23. The van der Waals surface area contributed by atoms with Crippen LogP contribution in [0, 0.1) is 0 Å². The Hall–Kier alpha value is -3.22. The first kappa shape index (κ1) is 17.6. The fraction of sp³-hybridized carbons (Fsp3) is 0.263. The third-order valence-electron chi connectivity index (χ3n) is 3.90. The quantitative estimate of drug-likeness (QED) is 0.791. The minimum Gasteiger partial charge on any atom is -0.497 e. The summed E-state index contributed by atoms with van der Waals surface area (Å²) in [5.41, 5.74) is 1.41. The van der Waals surface area contributed by atoms with Crippen molar-refractivity contribution in [1.82, 2.24) is 10.6 Å². The first-order valence-corrected chi connectivity index (χ1v) is 8.23. The van der Waals surface area contributed by atoms with Crippen molar-refractivity contribution in [2.45, 2.75) is 13.0 Å². The molecule has 0 saturated carbocycles. The van der Waals surface area contributed by atoms with Gasteiger partial charge < -0.3 is 24.8 Å². The van der Waals surface area contributed by atoms with Crippen molar-refractivity contribution in [2.24, 2.45) is 0 Å².